The molecule has 29 heavy (non-hydrogen) atoms. The summed E-state index contributed by atoms with van der Waals surface area (Å²) in [6, 6.07) is -0.450. The molecule has 1 saturated heterocycles. The molecule has 2 fully saturated rings. The SMILES string of the molecule is CC(C)CC(C(=O)NCc1n[nH]c(=S)n1C1CC1)N1C(=O)C2CC=CCC2C1=O. The third-order valence-corrected chi connectivity index (χ3v) is 6.25. The molecule has 8 nitrogen and oxygen atoms in total. The van der Waals surface area contributed by atoms with Crippen LogP contribution in [0.1, 0.15) is 57.8 Å². The average molecular weight is 418 g/mol. The lowest BCUT2D eigenvalue weighted by Gasteiger charge is -2.27. The number of amides is 3. The highest BCUT2D eigenvalue weighted by Gasteiger charge is 2.51. The summed E-state index contributed by atoms with van der Waals surface area (Å²) >= 11 is 5.28. The van der Waals surface area contributed by atoms with E-state index in [1.165, 1.54) is 4.90 Å². The molecule has 1 aromatic rings. The van der Waals surface area contributed by atoms with Crippen molar-refractivity contribution < 1.29 is 14.4 Å². The first kappa shape index (κ1) is 20.0. The number of hydrogen-bond acceptors (Lipinski definition) is 5. The van der Waals surface area contributed by atoms with Crippen LogP contribution in [0.15, 0.2) is 12.2 Å². The smallest absolute Gasteiger partial charge is 0.243 e. The summed E-state index contributed by atoms with van der Waals surface area (Å²) in [7, 11) is 0. The Kier molecular flexibility index (Phi) is 5.42. The van der Waals surface area contributed by atoms with Gasteiger partial charge in [-0.25, -0.2) is 0 Å². The molecule has 1 saturated carbocycles. The van der Waals surface area contributed by atoms with E-state index >= 15 is 0 Å². The number of nitrogens with one attached hydrogen (secondary N) is 2. The number of carbonyl (C=O) groups is 3. The fraction of sp³-hybridized carbons (Fsp3) is 0.650. The summed E-state index contributed by atoms with van der Waals surface area (Å²) < 4.78 is 2.50. The van der Waals surface area contributed by atoms with Crippen molar-refractivity contribution in [3.8, 4) is 0 Å². The van der Waals surface area contributed by atoms with Gasteiger partial charge < -0.3 is 5.32 Å². The standard InChI is InChI=1S/C20H27N5O3S/c1-11(2)9-15(25-18(27)13-5-3-4-6-14(13)19(25)28)17(26)21-10-16-22-23-20(29)24(16)12-7-8-12/h3-4,11-15H,5-10H2,1-2H3,(H,21,26)(H,23,29). The van der Waals surface area contributed by atoms with Crippen LogP contribution < -0.4 is 5.32 Å². The molecule has 1 aromatic heterocycles. The van der Waals surface area contributed by atoms with Gasteiger partial charge in [-0.05, 0) is 50.2 Å². The molecule has 3 unspecified atom stereocenters. The molecule has 2 heterocycles. The number of allylic oxidation sites excluding steroid dienone is 2. The highest BCUT2D eigenvalue weighted by Crippen LogP contribution is 2.37. The average Bonchev–Trinajstić information content (AvgIpc) is 3.41. The number of imide groups is 1. The van der Waals surface area contributed by atoms with Crippen molar-refractivity contribution in [2.75, 3.05) is 0 Å². The molecule has 0 radical (unpaired) electrons. The molecule has 0 aromatic carbocycles. The van der Waals surface area contributed by atoms with E-state index in [9.17, 15) is 14.4 Å². The summed E-state index contributed by atoms with van der Waals surface area (Å²) in [4.78, 5) is 40.3. The van der Waals surface area contributed by atoms with Crippen molar-refractivity contribution in [1.82, 2.24) is 25.0 Å². The van der Waals surface area contributed by atoms with Crippen LogP contribution in [-0.2, 0) is 20.9 Å². The molecule has 3 atom stereocenters. The van der Waals surface area contributed by atoms with Gasteiger partial charge in [0.25, 0.3) is 0 Å². The number of hydrogen-bond donors (Lipinski definition) is 2. The Balaban J connectivity index is 1.51. The van der Waals surface area contributed by atoms with Crippen molar-refractivity contribution in [3.63, 3.8) is 0 Å². The minimum Gasteiger partial charge on any atom is -0.347 e. The highest BCUT2D eigenvalue weighted by atomic mass is 32.1. The van der Waals surface area contributed by atoms with Crippen molar-refractivity contribution >= 4 is 29.9 Å². The van der Waals surface area contributed by atoms with E-state index in [0.717, 1.165) is 12.8 Å². The van der Waals surface area contributed by atoms with Crippen LogP contribution in [0.2, 0.25) is 0 Å². The second kappa shape index (κ2) is 7.85. The monoisotopic (exact) mass is 417 g/mol. The van der Waals surface area contributed by atoms with E-state index in [4.69, 9.17) is 12.2 Å². The van der Waals surface area contributed by atoms with Gasteiger partial charge in [-0.3, -0.25) is 28.9 Å². The molecule has 156 valence electrons. The molecule has 3 amide bonds. The van der Waals surface area contributed by atoms with Crippen molar-refractivity contribution in [2.24, 2.45) is 17.8 Å². The number of aromatic amines is 1. The van der Waals surface area contributed by atoms with E-state index < -0.39 is 6.04 Å². The first-order valence-corrected chi connectivity index (χ1v) is 10.7. The predicted octanol–water partition coefficient (Wildman–Crippen LogP) is 2.26. The van der Waals surface area contributed by atoms with Gasteiger partial charge in [0.2, 0.25) is 17.7 Å². The van der Waals surface area contributed by atoms with E-state index in [1.54, 1.807) is 0 Å². The van der Waals surface area contributed by atoms with Gasteiger partial charge in [0, 0.05) is 6.04 Å². The highest BCUT2D eigenvalue weighted by molar-refractivity contribution is 7.71. The lowest BCUT2D eigenvalue weighted by Crippen LogP contribution is -2.50. The summed E-state index contributed by atoms with van der Waals surface area (Å²) in [6.45, 7) is 4.18. The first-order chi connectivity index (χ1) is 13.9. The zero-order chi connectivity index (χ0) is 20.7. The number of H-pyrrole nitrogens is 1. The van der Waals surface area contributed by atoms with Crippen LogP contribution in [0, 0.1) is 22.5 Å². The van der Waals surface area contributed by atoms with Gasteiger partial charge in [-0.2, -0.15) is 5.10 Å². The second-order valence-electron chi connectivity index (χ2n) is 8.61. The van der Waals surface area contributed by atoms with Crippen LogP contribution in [0.5, 0.6) is 0 Å². The van der Waals surface area contributed by atoms with Gasteiger partial charge in [-0.15, -0.1) is 0 Å². The Morgan fingerprint density at radius 3 is 2.41 bits per heavy atom. The minimum absolute atomic E-state index is 0.160. The topological polar surface area (TPSA) is 100 Å². The molecule has 3 aliphatic rings. The number of likely N-dealkylation sites (tertiary alicyclic amines) is 1. The number of fused-ring (bicyclic) bond motifs is 1. The molecule has 9 heteroatoms. The van der Waals surface area contributed by atoms with E-state index in [-0.39, 0.29) is 42.0 Å². The van der Waals surface area contributed by atoms with Crippen LogP contribution in [0.3, 0.4) is 0 Å². The summed E-state index contributed by atoms with van der Waals surface area (Å²) in [6.07, 6.45) is 7.58. The third kappa shape index (κ3) is 3.80. The Morgan fingerprint density at radius 2 is 1.86 bits per heavy atom. The maximum atomic E-state index is 13.1. The van der Waals surface area contributed by atoms with E-state index in [1.807, 2.05) is 30.6 Å². The van der Waals surface area contributed by atoms with Crippen LogP contribution in [-0.4, -0.2) is 43.4 Å². The number of carbonyl (C=O) groups excluding carboxylic acids is 3. The molecular formula is C20H27N5O3S. The van der Waals surface area contributed by atoms with Gasteiger partial charge in [0.05, 0.1) is 18.4 Å². The summed E-state index contributed by atoms with van der Waals surface area (Å²) in [5.41, 5.74) is 0. The zero-order valence-corrected chi connectivity index (χ0v) is 17.6. The van der Waals surface area contributed by atoms with Gasteiger partial charge in [-0.1, -0.05) is 26.0 Å². The minimum atomic E-state index is -0.795. The quantitative estimate of drug-likeness (QED) is 0.403. The molecule has 2 N–H and O–H groups in total. The van der Waals surface area contributed by atoms with Gasteiger partial charge in [0.15, 0.2) is 10.6 Å². The maximum absolute atomic E-state index is 13.1. The Morgan fingerprint density at radius 1 is 1.24 bits per heavy atom. The fourth-order valence-electron chi connectivity index (χ4n) is 4.36. The van der Waals surface area contributed by atoms with E-state index in [0.29, 0.717) is 35.9 Å². The lowest BCUT2D eigenvalue weighted by molar-refractivity contribution is -0.148. The summed E-state index contributed by atoms with van der Waals surface area (Å²) in [5, 5.41) is 9.91. The predicted molar refractivity (Wildman–Crippen MR) is 108 cm³/mol. The van der Waals surface area contributed by atoms with Crippen molar-refractivity contribution in [2.45, 2.75) is 64.6 Å². The van der Waals surface area contributed by atoms with Gasteiger partial charge >= 0.3 is 0 Å². The van der Waals surface area contributed by atoms with Gasteiger partial charge in [0.1, 0.15) is 6.04 Å². The van der Waals surface area contributed by atoms with Crippen molar-refractivity contribution in [3.05, 3.63) is 22.7 Å². The van der Waals surface area contributed by atoms with Crippen LogP contribution in [0.4, 0.5) is 0 Å². The molecular weight excluding hydrogens is 390 g/mol. The largest absolute Gasteiger partial charge is 0.347 e. The zero-order valence-electron chi connectivity index (χ0n) is 16.8. The van der Waals surface area contributed by atoms with Crippen molar-refractivity contribution in [1.29, 1.82) is 0 Å². The Bertz CT molecular complexity index is 887. The summed E-state index contributed by atoms with van der Waals surface area (Å²) in [5.74, 6) is -0.582. The maximum Gasteiger partial charge on any atom is 0.243 e. The molecule has 2 aliphatic carbocycles. The molecule has 1 aliphatic heterocycles. The molecule has 4 rings (SSSR count). The normalized spacial score (nSPS) is 24.9. The molecule has 0 bridgehead atoms. The number of aromatic nitrogens is 3. The van der Waals surface area contributed by atoms with E-state index in [2.05, 4.69) is 15.5 Å². The fourth-order valence-corrected chi connectivity index (χ4v) is 4.66. The Hall–Kier alpha value is -2.29. The van der Waals surface area contributed by atoms with Crippen LogP contribution >= 0.6 is 12.2 Å². The lowest BCUT2D eigenvalue weighted by atomic mass is 9.85. The van der Waals surface area contributed by atoms with Crippen LogP contribution in [0.25, 0.3) is 0 Å². The molecule has 0 spiro atoms. The first-order valence-electron chi connectivity index (χ1n) is 10.3. The number of nitrogens with zero attached hydrogens (tertiary/aromatic N) is 3. The Labute approximate surface area is 174 Å². The third-order valence-electron chi connectivity index (χ3n) is 5.96. The number of rotatable bonds is 7. The second-order valence-corrected chi connectivity index (χ2v) is 9.00.